The molecule has 4 atom stereocenters. The number of alkyl halides is 4. The normalized spacial score (nSPS) is 61.6. The van der Waals surface area contributed by atoms with E-state index in [4.69, 9.17) is 0 Å². The molecule has 0 aromatic heterocycles. The van der Waals surface area contributed by atoms with Crippen LogP contribution in [0.1, 0.15) is 32.1 Å². The van der Waals surface area contributed by atoms with Crippen molar-refractivity contribution in [3.05, 3.63) is 0 Å². The van der Waals surface area contributed by atoms with E-state index in [1.165, 1.54) is 32.1 Å². The molecule has 4 heteroatoms. The molecule has 0 radical (unpaired) electrons. The topological polar surface area (TPSA) is 0 Å². The minimum Gasteiger partial charge on any atom is -0.0721 e. The summed E-state index contributed by atoms with van der Waals surface area (Å²) in [7, 11) is 0. The summed E-state index contributed by atoms with van der Waals surface area (Å²) < 4.78 is 0.572. The highest BCUT2D eigenvalue weighted by atomic mass is 79.9. The van der Waals surface area contributed by atoms with Gasteiger partial charge in [-0.05, 0) is 37.5 Å². The maximum atomic E-state index is 3.98. The van der Waals surface area contributed by atoms with Gasteiger partial charge in [0.05, 0.1) is 6.47 Å². The van der Waals surface area contributed by atoms with Crippen LogP contribution in [0.2, 0.25) is 0 Å². The molecule has 0 bridgehead atoms. The van der Waals surface area contributed by atoms with Crippen molar-refractivity contribution in [2.24, 2.45) is 22.7 Å². The summed E-state index contributed by atoms with van der Waals surface area (Å²) in [5.41, 5.74) is 1.15. The lowest BCUT2D eigenvalue weighted by atomic mass is 9.82. The zero-order chi connectivity index (χ0) is 10.7. The highest BCUT2D eigenvalue weighted by Crippen LogP contribution is 2.95. The molecule has 4 aliphatic carbocycles. The van der Waals surface area contributed by atoms with Crippen molar-refractivity contribution in [1.82, 2.24) is 0 Å². The summed E-state index contributed by atoms with van der Waals surface area (Å²) in [6.45, 7) is 0. The van der Waals surface area contributed by atoms with Gasteiger partial charge in [-0.1, -0.05) is 70.1 Å². The van der Waals surface area contributed by atoms with Crippen LogP contribution in [-0.2, 0) is 0 Å². The summed E-state index contributed by atoms with van der Waals surface area (Å²) in [5.74, 6) is 1.72. The Kier molecular flexibility index (Phi) is 1.87. The van der Waals surface area contributed by atoms with Gasteiger partial charge in [-0.25, -0.2) is 0 Å². The van der Waals surface area contributed by atoms with Crippen molar-refractivity contribution in [2.45, 2.75) is 38.6 Å². The molecule has 0 amide bonds. The lowest BCUT2D eigenvalue weighted by Gasteiger charge is -2.21. The number of hydrogen-bond acceptors (Lipinski definition) is 0. The molecule has 0 aromatic rings. The first-order chi connectivity index (χ1) is 6.89. The van der Waals surface area contributed by atoms with E-state index in [0.717, 1.165) is 11.8 Å². The van der Waals surface area contributed by atoms with Crippen molar-refractivity contribution in [2.75, 3.05) is 0 Å². The lowest BCUT2D eigenvalue weighted by molar-refractivity contribution is 0.265. The zero-order valence-corrected chi connectivity index (χ0v) is 14.5. The Morgan fingerprint density at radius 3 is 1.73 bits per heavy atom. The predicted octanol–water partition coefficient (Wildman–Crippen LogP) is 5.17. The summed E-state index contributed by atoms with van der Waals surface area (Å²) in [6.07, 6.45) is 7.07. The van der Waals surface area contributed by atoms with E-state index in [1.54, 1.807) is 0 Å². The second kappa shape index (κ2) is 2.60. The standard InChI is InChI=1S/C11H12Br4/c12-10(13)6-4-8-2-1-3-9(8,5-7(6)10)11(8,14)15/h6-7H,1-5H2/t6-,7+,8-,9+. The summed E-state index contributed by atoms with van der Waals surface area (Å²) in [4.78, 5) is 0. The van der Waals surface area contributed by atoms with Crippen LogP contribution in [-0.4, -0.2) is 6.47 Å². The molecule has 0 heterocycles. The third-order valence-electron chi connectivity index (χ3n) is 5.76. The minimum absolute atomic E-state index is 0.280. The van der Waals surface area contributed by atoms with E-state index < -0.39 is 0 Å². The molecule has 4 saturated carbocycles. The number of halogens is 4. The Bertz CT molecular complexity index is 334. The van der Waals surface area contributed by atoms with E-state index >= 15 is 0 Å². The fraction of sp³-hybridized carbons (Fsp3) is 1.00. The maximum absolute atomic E-state index is 3.98. The highest BCUT2D eigenvalue weighted by molar-refractivity contribution is 9.26. The van der Waals surface area contributed by atoms with Crippen LogP contribution >= 0.6 is 63.7 Å². The van der Waals surface area contributed by atoms with E-state index in [2.05, 4.69) is 63.7 Å². The van der Waals surface area contributed by atoms with Crippen molar-refractivity contribution in [3.8, 4) is 0 Å². The van der Waals surface area contributed by atoms with Gasteiger partial charge >= 0.3 is 0 Å². The molecule has 0 saturated heterocycles. The number of hydrogen-bond donors (Lipinski definition) is 0. The van der Waals surface area contributed by atoms with E-state index in [1.807, 2.05) is 0 Å². The third kappa shape index (κ3) is 0.889. The molecule has 15 heavy (non-hydrogen) atoms. The van der Waals surface area contributed by atoms with Gasteiger partial charge in [-0.3, -0.25) is 0 Å². The average Bonchev–Trinajstić information content (AvgIpc) is 2.72. The van der Waals surface area contributed by atoms with Crippen molar-refractivity contribution < 1.29 is 0 Å². The quantitative estimate of drug-likeness (QED) is 0.435. The molecule has 0 nitrogen and oxygen atoms in total. The molecule has 4 aliphatic rings. The van der Waals surface area contributed by atoms with E-state index in [0.29, 0.717) is 14.1 Å². The van der Waals surface area contributed by atoms with Gasteiger partial charge in [0.2, 0.25) is 0 Å². The molecule has 0 N–H and O–H groups in total. The number of rotatable bonds is 0. The molecular formula is C11H12Br4. The Hall–Kier alpha value is 1.92. The van der Waals surface area contributed by atoms with Crippen LogP contribution < -0.4 is 0 Å². The second-order valence-corrected chi connectivity index (χ2v) is 13.0. The van der Waals surface area contributed by atoms with Gasteiger partial charge in [0.1, 0.15) is 0 Å². The summed E-state index contributed by atoms with van der Waals surface area (Å²) in [5, 5.41) is 0. The molecule has 0 aliphatic heterocycles. The van der Waals surface area contributed by atoms with Crippen LogP contribution in [0.25, 0.3) is 0 Å². The van der Waals surface area contributed by atoms with Crippen LogP contribution in [0.3, 0.4) is 0 Å². The third-order valence-corrected chi connectivity index (χ3v) is 11.2. The largest absolute Gasteiger partial charge is 0.0929 e. The Labute approximate surface area is 124 Å². The Balaban J connectivity index is 1.77. The predicted molar refractivity (Wildman–Crippen MR) is 76.1 cm³/mol. The fourth-order valence-electron chi connectivity index (χ4n) is 4.85. The van der Waals surface area contributed by atoms with Crippen LogP contribution in [0, 0.1) is 22.7 Å². The average molecular weight is 464 g/mol. The first kappa shape index (κ1) is 10.8. The van der Waals surface area contributed by atoms with Gasteiger partial charge in [0.15, 0.2) is 0 Å². The van der Waals surface area contributed by atoms with Gasteiger partial charge in [-0.2, -0.15) is 0 Å². The molecular weight excluding hydrogens is 452 g/mol. The monoisotopic (exact) mass is 460 g/mol. The lowest BCUT2D eigenvalue weighted by Crippen LogP contribution is -2.14. The van der Waals surface area contributed by atoms with Crippen LogP contribution in [0.15, 0.2) is 0 Å². The Morgan fingerprint density at radius 2 is 1.27 bits per heavy atom. The smallest absolute Gasteiger partial charge is 0.0721 e. The Morgan fingerprint density at radius 1 is 0.800 bits per heavy atom. The fourth-order valence-corrected chi connectivity index (χ4v) is 9.26. The molecule has 84 valence electrons. The molecule has 0 unspecified atom stereocenters. The first-order valence-electron chi connectivity index (χ1n) is 5.65. The van der Waals surface area contributed by atoms with Crippen LogP contribution in [0.5, 0.6) is 0 Å². The van der Waals surface area contributed by atoms with Gasteiger partial charge in [0, 0.05) is 10.8 Å². The van der Waals surface area contributed by atoms with Gasteiger partial charge in [0.25, 0.3) is 0 Å². The van der Waals surface area contributed by atoms with Crippen molar-refractivity contribution >= 4 is 63.7 Å². The van der Waals surface area contributed by atoms with Crippen molar-refractivity contribution in [1.29, 1.82) is 0 Å². The summed E-state index contributed by atoms with van der Waals surface area (Å²) >= 11 is 15.7. The van der Waals surface area contributed by atoms with E-state index in [-0.39, 0.29) is 3.23 Å². The highest BCUT2D eigenvalue weighted by Gasteiger charge is 2.91. The van der Waals surface area contributed by atoms with Gasteiger partial charge < -0.3 is 0 Å². The molecule has 0 spiro atoms. The molecule has 4 rings (SSSR count). The minimum atomic E-state index is 0.280. The van der Waals surface area contributed by atoms with Crippen molar-refractivity contribution in [3.63, 3.8) is 0 Å². The second-order valence-electron chi connectivity index (χ2n) is 5.89. The number of fused-ring (bicyclic) bond motifs is 1. The zero-order valence-electron chi connectivity index (χ0n) is 8.20. The molecule has 4 fully saturated rings. The SMILES string of the molecule is BrC1(Br)[C@@H]2C[C@]34CCC[C@@]3(C[C@@H]21)C4(Br)Br. The van der Waals surface area contributed by atoms with Crippen LogP contribution in [0.4, 0.5) is 0 Å². The van der Waals surface area contributed by atoms with E-state index in [9.17, 15) is 0 Å². The maximum Gasteiger partial charge on any atom is 0.0929 e. The summed E-state index contributed by atoms with van der Waals surface area (Å²) in [6, 6.07) is 0. The first-order valence-corrected chi connectivity index (χ1v) is 8.82. The molecule has 0 aromatic carbocycles. The van der Waals surface area contributed by atoms with Gasteiger partial charge in [-0.15, -0.1) is 0 Å².